The SMILES string of the molecule is CC1[C@H](C)OC(=O)CC(O)CC(O)CC[C@@H](O)C(O)C[C@H](O)C[C@]2(O)CC(O)[C@@H](C(=O)O)[C@H](C[C@@H](O[C@@H]3O[C@H](C)[C@@H](O)[C@H](N)[C@@H]3O)/C=C/C=C/C=C/C=C/C=C/C=C/C=C/[C@H](C)[C@H]1O)O2. The van der Waals surface area contributed by atoms with Gasteiger partial charge in [-0.3, -0.25) is 9.59 Å². The van der Waals surface area contributed by atoms with Gasteiger partial charge in [-0.15, -0.1) is 0 Å². The minimum Gasteiger partial charge on any atom is -0.481 e. The molecule has 0 spiro atoms. The predicted molar refractivity (Wildman–Crippen MR) is 237 cm³/mol. The average molecular weight is 924 g/mol. The Morgan fingerprint density at radius 2 is 1.23 bits per heavy atom. The number of cyclic esters (lactones) is 1. The van der Waals surface area contributed by atoms with E-state index < -0.39 is 147 Å². The topological polar surface area (TPSA) is 320 Å². The fourth-order valence-corrected chi connectivity index (χ4v) is 7.97. The highest BCUT2D eigenvalue weighted by Gasteiger charge is 2.51. The zero-order valence-electron chi connectivity index (χ0n) is 37.6. The van der Waals surface area contributed by atoms with E-state index in [1.165, 1.54) is 13.0 Å². The summed E-state index contributed by atoms with van der Waals surface area (Å²) in [5.41, 5.74) is 6.02. The average Bonchev–Trinajstić information content (AvgIpc) is 3.21. The number of aliphatic hydroxyl groups is 10. The third kappa shape index (κ3) is 18.6. The Morgan fingerprint density at radius 1 is 0.662 bits per heavy atom. The number of carboxylic acids is 1. The highest BCUT2D eigenvalue weighted by atomic mass is 16.7. The van der Waals surface area contributed by atoms with E-state index in [0.29, 0.717) is 0 Å². The third-order valence-electron chi connectivity index (χ3n) is 12.0. The molecule has 5 unspecified atom stereocenters. The maximum atomic E-state index is 12.6. The van der Waals surface area contributed by atoms with E-state index in [1.54, 1.807) is 80.7 Å². The van der Waals surface area contributed by atoms with E-state index >= 15 is 0 Å². The molecule has 18 heteroatoms. The molecule has 0 amide bonds. The van der Waals surface area contributed by atoms with Crippen LogP contribution < -0.4 is 5.73 Å². The zero-order chi connectivity index (χ0) is 48.4. The van der Waals surface area contributed by atoms with Gasteiger partial charge in [0.15, 0.2) is 12.1 Å². The molecule has 19 atom stereocenters. The number of carbonyl (C=O) groups excluding carboxylic acids is 1. The predicted octanol–water partition coefficient (Wildman–Crippen LogP) is 0.712. The van der Waals surface area contributed by atoms with Crippen molar-refractivity contribution in [3.05, 3.63) is 85.1 Å². The molecule has 3 aliphatic rings. The van der Waals surface area contributed by atoms with Crippen LogP contribution in [0.2, 0.25) is 0 Å². The Morgan fingerprint density at radius 3 is 1.82 bits per heavy atom. The molecule has 0 aliphatic carbocycles. The van der Waals surface area contributed by atoms with Gasteiger partial charge in [-0.25, -0.2) is 0 Å². The van der Waals surface area contributed by atoms with Crippen LogP contribution in [-0.4, -0.2) is 166 Å². The summed E-state index contributed by atoms with van der Waals surface area (Å²) in [6, 6.07) is -1.15. The maximum absolute atomic E-state index is 12.6. The summed E-state index contributed by atoms with van der Waals surface area (Å²) in [7, 11) is 0. The fraction of sp³-hybridized carbons (Fsp3) is 0.660. The standard InChI is InChI=1S/C47H73NO17/c1-27-17-15-13-11-9-7-5-6-8-10-12-14-16-18-34(64-46-44(58)41(48)43(57)30(4)63-46)24-38-40(45(59)60)37(54)26-47(61,65-38)25-33(51)22-36(53)35(52)20-19-31(49)21-32(50)23-39(55)62-29(3)28(2)42(27)56/h5-18,27-38,40-44,46,49-54,56-58,61H,19-26,48H2,1-4H3,(H,59,60)/b6-5+,9-7+,10-8+,13-11+,14-12+,17-15+,18-16+/t27-,28?,29-,30+,31?,32?,33-,34-,35+,36?,37?,38-,40+,41-,42+,43+,44-,46-,47+/m0/s1. The summed E-state index contributed by atoms with van der Waals surface area (Å²) < 4.78 is 23.1. The van der Waals surface area contributed by atoms with Gasteiger partial charge < -0.3 is 80.9 Å². The van der Waals surface area contributed by atoms with E-state index in [9.17, 15) is 65.8 Å². The molecule has 2 bridgehead atoms. The smallest absolute Gasteiger partial charge is 0.311 e. The van der Waals surface area contributed by atoms with E-state index in [0.717, 1.165) is 0 Å². The minimum absolute atomic E-state index is 0.107. The highest BCUT2D eigenvalue weighted by Crippen LogP contribution is 2.38. The van der Waals surface area contributed by atoms with Crippen molar-refractivity contribution < 1.29 is 84.7 Å². The number of allylic oxidation sites excluding steroid dienone is 12. The Labute approximate surface area is 381 Å². The van der Waals surface area contributed by atoms with Gasteiger partial charge >= 0.3 is 11.9 Å². The van der Waals surface area contributed by atoms with Crippen molar-refractivity contribution in [1.29, 1.82) is 0 Å². The van der Waals surface area contributed by atoms with Crippen LogP contribution in [0.15, 0.2) is 85.1 Å². The van der Waals surface area contributed by atoms with Gasteiger partial charge in [0.1, 0.15) is 18.1 Å². The lowest BCUT2D eigenvalue weighted by Crippen LogP contribution is -2.61. The second kappa shape index (κ2) is 27.4. The van der Waals surface area contributed by atoms with Gasteiger partial charge in [-0.05, 0) is 33.1 Å². The summed E-state index contributed by atoms with van der Waals surface area (Å²) in [6.45, 7) is 6.74. The molecular weight excluding hydrogens is 851 g/mol. The molecular formula is C47H73NO17. The van der Waals surface area contributed by atoms with Crippen LogP contribution in [0.3, 0.4) is 0 Å². The first kappa shape index (κ1) is 55.9. The number of carboxylic acid groups (broad SMARTS) is 1. The fourth-order valence-electron chi connectivity index (χ4n) is 7.97. The molecule has 0 aromatic carbocycles. The van der Waals surface area contributed by atoms with Crippen molar-refractivity contribution in [2.24, 2.45) is 23.5 Å². The minimum atomic E-state index is -2.33. The van der Waals surface area contributed by atoms with Gasteiger partial charge in [0.05, 0.1) is 79.6 Å². The Bertz CT molecular complexity index is 1670. The van der Waals surface area contributed by atoms with Crippen LogP contribution in [0.1, 0.15) is 79.1 Å². The summed E-state index contributed by atoms with van der Waals surface area (Å²) in [4.78, 5) is 25.1. The van der Waals surface area contributed by atoms with Crippen molar-refractivity contribution in [1.82, 2.24) is 0 Å². The lowest BCUT2D eigenvalue weighted by atomic mass is 9.82. The summed E-state index contributed by atoms with van der Waals surface area (Å²) in [5, 5.41) is 118. The zero-order valence-corrected chi connectivity index (χ0v) is 37.6. The molecule has 18 nitrogen and oxygen atoms in total. The number of hydrogen-bond acceptors (Lipinski definition) is 17. The first-order valence-electron chi connectivity index (χ1n) is 22.3. The van der Waals surface area contributed by atoms with Crippen molar-refractivity contribution in [3.63, 3.8) is 0 Å². The van der Waals surface area contributed by atoms with Gasteiger partial charge in [0.2, 0.25) is 0 Å². The number of nitrogens with two attached hydrogens (primary N) is 1. The summed E-state index contributed by atoms with van der Waals surface area (Å²) in [5.74, 6) is -6.83. The molecule has 2 saturated heterocycles. The maximum Gasteiger partial charge on any atom is 0.311 e. The van der Waals surface area contributed by atoms with Crippen molar-refractivity contribution in [3.8, 4) is 0 Å². The quantitative estimate of drug-likeness (QED) is 0.174. The Kier molecular flexibility index (Phi) is 23.6. The molecule has 0 saturated carbocycles. The second-order valence-corrected chi connectivity index (χ2v) is 17.6. The number of fused-ring (bicyclic) bond motifs is 2. The Hall–Kier alpha value is -3.44. The monoisotopic (exact) mass is 923 g/mol. The van der Waals surface area contributed by atoms with Crippen LogP contribution in [0.4, 0.5) is 0 Å². The Balaban J connectivity index is 1.86. The van der Waals surface area contributed by atoms with Crippen LogP contribution in [0, 0.1) is 17.8 Å². The molecule has 0 aromatic rings. The van der Waals surface area contributed by atoms with Gasteiger partial charge in [0.25, 0.3) is 0 Å². The van der Waals surface area contributed by atoms with Gasteiger partial charge in [-0.1, -0.05) is 98.9 Å². The second-order valence-electron chi connectivity index (χ2n) is 17.6. The highest BCUT2D eigenvalue weighted by molar-refractivity contribution is 5.71. The first-order valence-corrected chi connectivity index (χ1v) is 22.3. The number of carbonyl (C=O) groups is 2. The lowest BCUT2D eigenvalue weighted by molar-refractivity contribution is -0.308. The third-order valence-corrected chi connectivity index (χ3v) is 12.0. The van der Waals surface area contributed by atoms with Crippen LogP contribution >= 0.6 is 0 Å². The molecule has 3 rings (SSSR count). The van der Waals surface area contributed by atoms with Crippen molar-refractivity contribution in [2.45, 2.75) is 177 Å². The number of aliphatic carboxylic acids is 1. The molecule has 65 heavy (non-hydrogen) atoms. The van der Waals surface area contributed by atoms with Gasteiger partial charge in [0, 0.05) is 37.5 Å². The van der Waals surface area contributed by atoms with Gasteiger partial charge in [-0.2, -0.15) is 0 Å². The lowest BCUT2D eigenvalue weighted by Gasteiger charge is -2.45. The summed E-state index contributed by atoms with van der Waals surface area (Å²) >= 11 is 0. The molecule has 2 fully saturated rings. The summed E-state index contributed by atoms with van der Waals surface area (Å²) in [6.07, 6.45) is 3.46. The molecule has 3 heterocycles. The van der Waals surface area contributed by atoms with Crippen LogP contribution in [-0.2, 0) is 28.5 Å². The molecule has 3 aliphatic heterocycles. The number of ether oxygens (including phenoxy) is 4. The molecule has 0 radical (unpaired) electrons. The van der Waals surface area contributed by atoms with E-state index in [2.05, 4.69) is 0 Å². The van der Waals surface area contributed by atoms with E-state index in [-0.39, 0.29) is 31.6 Å². The molecule has 368 valence electrons. The first-order chi connectivity index (χ1) is 30.6. The van der Waals surface area contributed by atoms with Crippen LogP contribution in [0.5, 0.6) is 0 Å². The number of rotatable bonds is 3. The van der Waals surface area contributed by atoms with E-state index in [4.69, 9.17) is 24.7 Å². The van der Waals surface area contributed by atoms with Crippen LogP contribution in [0.25, 0.3) is 0 Å². The normalized spacial score (nSPS) is 45.5. The van der Waals surface area contributed by atoms with Crippen molar-refractivity contribution in [2.75, 3.05) is 0 Å². The molecule has 13 N–H and O–H groups in total. The number of aliphatic hydroxyl groups excluding tert-OH is 9. The largest absolute Gasteiger partial charge is 0.481 e. The number of esters is 1. The van der Waals surface area contributed by atoms with E-state index in [1.807, 2.05) is 19.1 Å². The molecule has 0 aromatic heterocycles. The number of hydrogen-bond donors (Lipinski definition) is 12. The van der Waals surface area contributed by atoms with Crippen molar-refractivity contribution >= 4 is 11.9 Å².